The first-order valence-electron chi connectivity index (χ1n) is 5.28. The maximum absolute atomic E-state index is 9.60. The van der Waals surface area contributed by atoms with Crippen LogP contribution in [0.5, 0.6) is 11.5 Å². The van der Waals surface area contributed by atoms with Gasteiger partial charge in [-0.15, -0.1) is 12.4 Å². The van der Waals surface area contributed by atoms with Gasteiger partial charge < -0.3 is 15.9 Å². The van der Waals surface area contributed by atoms with E-state index in [4.69, 9.17) is 5.73 Å². The summed E-state index contributed by atoms with van der Waals surface area (Å²) in [7, 11) is 0. The van der Waals surface area contributed by atoms with Crippen molar-refractivity contribution in [1.29, 1.82) is 0 Å². The number of aromatic hydroxyl groups is 2. The van der Waals surface area contributed by atoms with Gasteiger partial charge in [0.2, 0.25) is 0 Å². The molecule has 1 rings (SSSR count). The highest BCUT2D eigenvalue weighted by atomic mass is 35.5. The lowest BCUT2D eigenvalue weighted by Crippen LogP contribution is -2.11. The van der Waals surface area contributed by atoms with Gasteiger partial charge in [0.1, 0.15) is 0 Å². The molecule has 0 fully saturated rings. The smallest absolute Gasteiger partial charge is 0.162 e. The molecule has 0 heterocycles. The molecular formula is C12H20ClNO2. The summed E-state index contributed by atoms with van der Waals surface area (Å²) in [6.45, 7) is 4.27. The van der Waals surface area contributed by atoms with E-state index < -0.39 is 0 Å². The lowest BCUT2D eigenvalue weighted by atomic mass is 9.97. The Labute approximate surface area is 103 Å². The lowest BCUT2D eigenvalue weighted by molar-refractivity contribution is 0.392. The normalized spacial score (nSPS) is 12.2. The summed E-state index contributed by atoms with van der Waals surface area (Å²) in [5, 5.41) is 18.9. The Bertz CT molecular complexity index is 329. The van der Waals surface area contributed by atoms with Crippen LogP contribution in [0, 0.1) is 5.92 Å². The quantitative estimate of drug-likeness (QED) is 0.715. The second-order valence-electron chi connectivity index (χ2n) is 4.29. The zero-order valence-electron chi connectivity index (χ0n) is 9.68. The molecule has 0 aliphatic heterocycles. The number of halogens is 1. The van der Waals surface area contributed by atoms with Crippen LogP contribution in [0.3, 0.4) is 0 Å². The number of rotatable bonds is 4. The monoisotopic (exact) mass is 245 g/mol. The molecule has 0 saturated carbocycles. The molecule has 0 aromatic heterocycles. The van der Waals surface area contributed by atoms with Crippen LogP contribution in [0.2, 0.25) is 0 Å². The van der Waals surface area contributed by atoms with E-state index in [0.717, 1.165) is 12.8 Å². The Balaban J connectivity index is 0.00000225. The highest BCUT2D eigenvalue weighted by Gasteiger charge is 2.13. The van der Waals surface area contributed by atoms with Crippen LogP contribution in [0.4, 0.5) is 0 Å². The van der Waals surface area contributed by atoms with Crippen molar-refractivity contribution in [1.82, 2.24) is 0 Å². The van der Waals surface area contributed by atoms with Gasteiger partial charge in [0.25, 0.3) is 0 Å². The Morgan fingerprint density at radius 2 is 1.81 bits per heavy atom. The molecule has 16 heavy (non-hydrogen) atoms. The largest absolute Gasteiger partial charge is 0.504 e. The van der Waals surface area contributed by atoms with Crippen molar-refractivity contribution in [3.05, 3.63) is 23.8 Å². The SMILES string of the molecule is CC(C)CC[C@H](N)c1cccc(O)c1O.Cl. The fourth-order valence-electron chi connectivity index (χ4n) is 1.52. The van der Waals surface area contributed by atoms with Crippen LogP contribution in [-0.2, 0) is 0 Å². The van der Waals surface area contributed by atoms with Gasteiger partial charge in [-0.1, -0.05) is 26.0 Å². The molecular weight excluding hydrogens is 226 g/mol. The maximum Gasteiger partial charge on any atom is 0.162 e. The topological polar surface area (TPSA) is 66.5 Å². The Morgan fingerprint density at radius 1 is 1.19 bits per heavy atom. The van der Waals surface area contributed by atoms with E-state index in [1.165, 1.54) is 6.07 Å². The molecule has 0 unspecified atom stereocenters. The molecule has 0 radical (unpaired) electrons. The average Bonchev–Trinajstić information content (AvgIpc) is 2.18. The first kappa shape index (κ1) is 15.1. The fourth-order valence-corrected chi connectivity index (χ4v) is 1.52. The third-order valence-corrected chi connectivity index (χ3v) is 2.50. The van der Waals surface area contributed by atoms with Crippen molar-refractivity contribution in [2.24, 2.45) is 11.7 Å². The van der Waals surface area contributed by atoms with Crippen LogP contribution in [0.15, 0.2) is 18.2 Å². The molecule has 1 atom stereocenters. The zero-order valence-corrected chi connectivity index (χ0v) is 10.5. The van der Waals surface area contributed by atoms with E-state index in [2.05, 4.69) is 13.8 Å². The van der Waals surface area contributed by atoms with Crippen molar-refractivity contribution >= 4 is 12.4 Å². The van der Waals surface area contributed by atoms with Crippen LogP contribution in [0.25, 0.3) is 0 Å². The van der Waals surface area contributed by atoms with E-state index in [9.17, 15) is 10.2 Å². The van der Waals surface area contributed by atoms with Crippen LogP contribution < -0.4 is 5.73 Å². The van der Waals surface area contributed by atoms with Crippen molar-refractivity contribution in [2.45, 2.75) is 32.7 Å². The standard InChI is InChI=1S/C12H19NO2.ClH/c1-8(2)6-7-10(13)9-4-3-5-11(14)12(9)15;/h3-5,8,10,14-15H,6-7,13H2,1-2H3;1H/t10-;/m0./s1. The molecule has 0 aliphatic carbocycles. The maximum atomic E-state index is 9.60. The number of phenolic OH excluding ortho intramolecular Hbond substituents is 2. The number of phenols is 2. The van der Waals surface area contributed by atoms with Gasteiger partial charge in [0.05, 0.1) is 0 Å². The number of hydrogen-bond donors (Lipinski definition) is 3. The number of hydrogen-bond acceptors (Lipinski definition) is 3. The average molecular weight is 246 g/mol. The van der Waals surface area contributed by atoms with Crippen LogP contribution in [-0.4, -0.2) is 10.2 Å². The van der Waals surface area contributed by atoms with Crippen LogP contribution >= 0.6 is 12.4 Å². The van der Waals surface area contributed by atoms with Crippen molar-refractivity contribution in [3.8, 4) is 11.5 Å². The van der Waals surface area contributed by atoms with Gasteiger partial charge in [0, 0.05) is 11.6 Å². The number of benzene rings is 1. The number of para-hydroxylation sites is 1. The van der Waals surface area contributed by atoms with E-state index >= 15 is 0 Å². The van der Waals surface area contributed by atoms with Crippen LogP contribution in [0.1, 0.15) is 38.3 Å². The molecule has 4 heteroatoms. The summed E-state index contributed by atoms with van der Waals surface area (Å²) in [5.41, 5.74) is 6.56. The first-order valence-corrected chi connectivity index (χ1v) is 5.28. The van der Waals surface area contributed by atoms with Gasteiger partial charge >= 0.3 is 0 Å². The molecule has 3 nitrogen and oxygen atoms in total. The highest BCUT2D eigenvalue weighted by molar-refractivity contribution is 5.85. The van der Waals surface area contributed by atoms with Crippen molar-refractivity contribution in [3.63, 3.8) is 0 Å². The summed E-state index contributed by atoms with van der Waals surface area (Å²) < 4.78 is 0. The molecule has 92 valence electrons. The van der Waals surface area contributed by atoms with Crippen molar-refractivity contribution < 1.29 is 10.2 Å². The summed E-state index contributed by atoms with van der Waals surface area (Å²) in [4.78, 5) is 0. The summed E-state index contributed by atoms with van der Waals surface area (Å²) >= 11 is 0. The molecule has 0 bridgehead atoms. The molecule has 4 N–H and O–H groups in total. The van der Waals surface area contributed by atoms with E-state index in [1.54, 1.807) is 12.1 Å². The van der Waals surface area contributed by atoms with E-state index in [-0.39, 0.29) is 29.9 Å². The molecule has 0 spiro atoms. The molecule has 0 aliphatic rings. The van der Waals surface area contributed by atoms with E-state index in [1.807, 2.05) is 0 Å². The first-order chi connectivity index (χ1) is 7.02. The van der Waals surface area contributed by atoms with Gasteiger partial charge in [0.15, 0.2) is 11.5 Å². The molecule has 1 aromatic carbocycles. The Hall–Kier alpha value is -0.930. The summed E-state index contributed by atoms with van der Waals surface area (Å²) in [6, 6.07) is 4.69. The van der Waals surface area contributed by atoms with E-state index in [0.29, 0.717) is 11.5 Å². The van der Waals surface area contributed by atoms with Gasteiger partial charge in [-0.3, -0.25) is 0 Å². The summed E-state index contributed by atoms with van der Waals surface area (Å²) in [5.74, 6) is 0.400. The third-order valence-electron chi connectivity index (χ3n) is 2.50. The molecule has 0 amide bonds. The Morgan fingerprint density at radius 3 is 2.38 bits per heavy atom. The second kappa shape index (κ2) is 6.61. The van der Waals surface area contributed by atoms with Gasteiger partial charge in [-0.05, 0) is 24.8 Å². The minimum Gasteiger partial charge on any atom is -0.504 e. The minimum absolute atomic E-state index is 0. The minimum atomic E-state index is -0.209. The van der Waals surface area contributed by atoms with Crippen molar-refractivity contribution in [2.75, 3.05) is 0 Å². The van der Waals surface area contributed by atoms with Gasteiger partial charge in [-0.25, -0.2) is 0 Å². The predicted molar refractivity (Wildman–Crippen MR) is 68.0 cm³/mol. The molecule has 1 aromatic rings. The Kier molecular flexibility index (Phi) is 6.22. The second-order valence-corrected chi connectivity index (χ2v) is 4.29. The molecule has 0 saturated heterocycles. The van der Waals surface area contributed by atoms with Gasteiger partial charge in [-0.2, -0.15) is 0 Å². The number of nitrogens with two attached hydrogens (primary N) is 1. The fraction of sp³-hybridized carbons (Fsp3) is 0.500. The zero-order chi connectivity index (χ0) is 11.4. The summed E-state index contributed by atoms with van der Waals surface area (Å²) in [6.07, 6.45) is 1.82. The highest BCUT2D eigenvalue weighted by Crippen LogP contribution is 2.33. The predicted octanol–water partition coefficient (Wildman–Crippen LogP) is 2.96. The third kappa shape index (κ3) is 3.91. The lowest BCUT2D eigenvalue weighted by Gasteiger charge is -2.15.